The molecule has 0 amide bonds. The number of nitrogens with two attached hydrogens (primary N) is 1. The fourth-order valence-corrected chi connectivity index (χ4v) is 2.51. The first-order valence-corrected chi connectivity index (χ1v) is 5.30. The molecule has 16 heavy (non-hydrogen) atoms. The predicted octanol–water partition coefficient (Wildman–Crippen LogP) is 2.62. The van der Waals surface area contributed by atoms with Crippen LogP contribution in [-0.2, 0) is 13.1 Å². The molecule has 0 aliphatic heterocycles. The van der Waals surface area contributed by atoms with Gasteiger partial charge in [-0.15, -0.1) is 24.8 Å². The van der Waals surface area contributed by atoms with E-state index < -0.39 is 0 Å². The molecular weight excluding hydrogens is 245 g/mol. The highest BCUT2D eigenvalue weighted by Gasteiger charge is 2.35. The van der Waals surface area contributed by atoms with Gasteiger partial charge in [0.2, 0.25) is 0 Å². The summed E-state index contributed by atoms with van der Waals surface area (Å²) in [5.41, 5.74) is 7.22. The summed E-state index contributed by atoms with van der Waals surface area (Å²) in [4.78, 5) is 0. The summed E-state index contributed by atoms with van der Waals surface area (Å²) in [6.07, 6.45) is 6.57. The van der Waals surface area contributed by atoms with Crippen LogP contribution in [0, 0.1) is 11.3 Å². The van der Waals surface area contributed by atoms with E-state index >= 15 is 0 Å². The van der Waals surface area contributed by atoms with Gasteiger partial charge in [-0.25, -0.2) is 0 Å². The van der Waals surface area contributed by atoms with Crippen molar-refractivity contribution in [2.45, 2.75) is 39.8 Å². The lowest BCUT2D eigenvalue weighted by atomic mass is 9.64. The fourth-order valence-electron chi connectivity index (χ4n) is 2.51. The van der Waals surface area contributed by atoms with Crippen molar-refractivity contribution in [3.63, 3.8) is 0 Å². The molecule has 0 bridgehead atoms. The SMILES string of the molecule is CC1(C)CC(Cn2cc(CN)cn2)C1.Cl.Cl. The molecule has 2 rings (SSSR count). The van der Waals surface area contributed by atoms with E-state index in [1.807, 2.05) is 10.9 Å². The molecule has 1 fully saturated rings. The maximum absolute atomic E-state index is 5.53. The summed E-state index contributed by atoms with van der Waals surface area (Å²) in [5.74, 6) is 0.815. The van der Waals surface area contributed by atoms with Crippen molar-refractivity contribution in [1.82, 2.24) is 9.78 Å². The molecule has 0 atom stereocenters. The lowest BCUT2D eigenvalue weighted by Gasteiger charge is -2.42. The van der Waals surface area contributed by atoms with Crippen LogP contribution >= 0.6 is 24.8 Å². The molecule has 1 aromatic rings. The van der Waals surface area contributed by atoms with E-state index in [2.05, 4.69) is 25.1 Å². The van der Waals surface area contributed by atoms with Gasteiger partial charge in [-0.05, 0) is 24.2 Å². The first-order valence-electron chi connectivity index (χ1n) is 5.30. The second-order valence-electron chi connectivity index (χ2n) is 5.21. The van der Waals surface area contributed by atoms with E-state index in [4.69, 9.17) is 5.73 Å². The third-order valence-corrected chi connectivity index (χ3v) is 3.05. The van der Waals surface area contributed by atoms with E-state index in [-0.39, 0.29) is 24.8 Å². The highest BCUT2D eigenvalue weighted by atomic mass is 35.5. The summed E-state index contributed by atoms with van der Waals surface area (Å²) in [6, 6.07) is 0. The van der Waals surface area contributed by atoms with Crippen molar-refractivity contribution >= 4 is 24.8 Å². The molecule has 1 saturated carbocycles. The molecule has 2 N–H and O–H groups in total. The van der Waals surface area contributed by atoms with E-state index in [0.29, 0.717) is 12.0 Å². The van der Waals surface area contributed by atoms with E-state index in [0.717, 1.165) is 18.0 Å². The van der Waals surface area contributed by atoms with Gasteiger partial charge in [0.05, 0.1) is 6.20 Å². The third-order valence-electron chi connectivity index (χ3n) is 3.05. The Morgan fingerprint density at radius 2 is 2.06 bits per heavy atom. The lowest BCUT2D eigenvalue weighted by molar-refractivity contribution is 0.0800. The van der Waals surface area contributed by atoms with Crippen LogP contribution in [0.5, 0.6) is 0 Å². The number of aromatic nitrogens is 2. The molecule has 0 spiro atoms. The first kappa shape index (κ1) is 15.8. The van der Waals surface area contributed by atoms with Crippen molar-refractivity contribution in [3.8, 4) is 0 Å². The van der Waals surface area contributed by atoms with Gasteiger partial charge in [0.15, 0.2) is 0 Å². The molecule has 94 valence electrons. The second-order valence-corrected chi connectivity index (χ2v) is 5.21. The lowest BCUT2D eigenvalue weighted by Crippen LogP contribution is -2.34. The molecule has 1 aliphatic carbocycles. The second kappa shape index (κ2) is 5.89. The summed E-state index contributed by atoms with van der Waals surface area (Å²) in [7, 11) is 0. The molecular formula is C11H21Cl2N3. The summed E-state index contributed by atoms with van der Waals surface area (Å²) < 4.78 is 2.03. The van der Waals surface area contributed by atoms with Gasteiger partial charge >= 0.3 is 0 Å². The smallest absolute Gasteiger partial charge is 0.0534 e. The molecule has 1 heterocycles. The van der Waals surface area contributed by atoms with E-state index in [1.165, 1.54) is 12.8 Å². The highest BCUT2D eigenvalue weighted by Crippen LogP contribution is 2.45. The van der Waals surface area contributed by atoms with Crippen LogP contribution in [0.1, 0.15) is 32.3 Å². The molecule has 1 aliphatic rings. The minimum atomic E-state index is 0. The number of rotatable bonds is 3. The van der Waals surface area contributed by atoms with Crippen LogP contribution in [0.2, 0.25) is 0 Å². The Bertz CT molecular complexity index is 315. The van der Waals surface area contributed by atoms with Crippen LogP contribution in [0.4, 0.5) is 0 Å². The number of hydrogen-bond donors (Lipinski definition) is 1. The summed E-state index contributed by atoms with van der Waals surface area (Å²) in [6.45, 7) is 6.31. The van der Waals surface area contributed by atoms with Crippen LogP contribution in [0.15, 0.2) is 12.4 Å². The molecule has 1 aromatic heterocycles. The average Bonchev–Trinajstić information content (AvgIpc) is 2.49. The zero-order valence-corrected chi connectivity index (χ0v) is 11.5. The largest absolute Gasteiger partial charge is 0.326 e. The summed E-state index contributed by atoms with van der Waals surface area (Å²) in [5, 5.41) is 4.29. The van der Waals surface area contributed by atoms with Crippen molar-refractivity contribution in [1.29, 1.82) is 0 Å². The molecule has 0 radical (unpaired) electrons. The average molecular weight is 266 g/mol. The van der Waals surface area contributed by atoms with Gasteiger partial charge in [-0.3, -0.25) is 4.68 Å². The van der Waals surface area contributed by atoms with Crippen molar-refractivity contribution in [2.75, 3.05) is 0 Å². The predicted molar refractivity (Wildman–Crippen MR) is 71.1 cm³/mol. The van der Waals surface area contributed by atoms with Gasteiger partial charge in [0, 0.05) is 24.8 Å². The molecule has 0 aromatic carbocycles. The normalized spacial score (nSPS) is 18.2. The Morgan fingerprint density at radius 1 is 1.44 bits per heavy atom. The monoisotopic (exact) mass is 265 g/mol. The Hall–Kier alpha value is -0.250. The topological polar surface area (TPSA) is 43.8 Å². The number of nitrogens with zero attached hydrogens (tertiary/aromatic N) is 2. The minimum absolute atomic E-state index is 0. The Labute approximate surface area is 110 Å². The molecule has 5 heteroatoms. The summed E-state index contributed by atoms with van der Waals surface area (Å²) >= 11 is 0. The number of halogens is 2. The van der Waals surface area contributed by atoms with Gasteiger partial charge in [0.1, 0.15) is 0 Å². The zero-order valence-electron chi connectivity index (χ0n) is 9.85. The van der Waals surface area contributed by atoms with Crippen LogP contribution in [0.3, 0.4) is 0 Å². The van der Waals surface area contributed by atoms with Crippen LogP contribution < -0.4 is 5.73 Å². The fraction of sp³-hybridized carbons (Fsp3) is 0.727. The standard InChI is InChI=1S/C11H19N3.2ClH/c1-11(2)3-9(4-11)7-14-8-10(5-12)6-13-14;;/h6,8-9H,3-5,7,12H2,1-2H3;2*1H. The highest BCUT2D eigenvalue weighted by molar-refractivity contribution is 5.85. The first-order chi connectivity index (χ1) is 6.59. The van der Waals surface area contributed by atoms with Crippen molar-refractivity contribution in [3.05, 3.63) is 18.0 Å². The van der Waals surface area contributed by atoms with Crippen molar-refractivity contribution < 1.29 is 0 Å². The zero-order chi connectivity index (χ0) is 10.2. The van der Waals surface area contributed by atoms with Gasteiger partial charge in [-0.1, -0.05) is 13.8 Å². The Balaban J connectivity index is 0.00000112. The molecule has 3 nitrogen and oxygen atoms in total. The van der Waals surface area contributed by atoms with Crippen LogP contribution in [0.25, 0.3) is 0 Å². The third kappa shape index (κ3) is 3.65. The molecule has 0 saturated heterocycles. The van der Waals surface area contributed by atoms with Gasteiger partial charge < -0.3 is 5.73 Å². The van der Waals surface area contributed by atoms with E-state index in [9.17, 15) is 0 Å². The van der Waals surface area contributed by atoms with Gasteiger partial charge in [0.25, 0.3) is 0 Å². The van der Waals surface area contributed by atoms with Gasteiger partial charge in [-0.2, -0.15) is 5.10 Å². The van der Waals surface area contributed by atoms with Crippen LogP contribution in [-0.4, -0.2) is 9.78 Å². The minimum Gasteiger partial charge on any atom is -0.326 e. The van der Waals surface area contributed by atoms with E-state index in [1.54, 1.807) is 0 Å². The molecule has 0 unspecified atom stereocenters. The maximum atomic E-state index is 5.53. The maximum Gasteiger partial charge on any atom is 0.0534 e. The number of hydrogen-bond acceptors (Lipinski definition) is 2. The Morgan fingerprint density at radius 3 is 2.50 bits per heavy atom. The quantitative estimate of drug-likeness (QED) is 0.914. The van der Waals surface area contributed by atoms with Crippen molar-refractivity contribution in [2.24, 2.45) is 17.1 Å². The Kier molecular flexibility index (Phi) is 5.80.